The largest absolute Gasteiger partial charge is 0.493 e. The Morgan fingerprint density at radius 1 is 1.10 bits per heavy atom. The van der Waals surface area contributed by atoms with Crippen LogP contribution in [0, 0.1) is 5.92 Å². The third-order valence-corrected chi connectivity index (χ3v) is 2.55. The topological polar surface area (TPSA) is 76.7 Å². The van der Waals surface area contributed by atoms with Crippen LogP contribution in [0.25, 0.3) is 0 Å². The van der Waals surface area contributed by atoms with Crippen LogP contribution in [0.2, 0.25) is 0 Å². The Bertz CT molecular complexity index is 486. The molecule has 0 radical (unpaired) electrons. The smallest absolute Gasteiger partial charge is 0.269 e. The summed E-state index contributed by atoms with van der Waals surface area (Å²) in [4.78, 5) is 23.3. The monoisotopic (exact) mass is 280 g/mol. The summed E-state index contributed by atoms with van der Waals surface area (Å²) in [6.07, 6.45) is 0.353. The number of hydrazine groups is 1. The van der Waals surface area contributed by atoms with Crippen molar-refractivity contribution in [2.75, 3.05) is 14.2 Å². The Hall–Kier alpha value is -2.24. The molecule has 0 saturated carbocycles. The second-order valence-corrected chi connectivity index (χ2v) is 4.67. The van der Waals surface area contributed by atoms with Crippen molar-refractivity contribution >= 4 is 11.8 Å². The van der Waals surface area contributed by atoms with Crippen molar-refractivity contribution < 1.29 is 19.1 Å². The molecule has 0 fully saturated rings. The van der Waals surface area contributed by atoms with Crippen molar-refractivity contribution in [3.8, 4) is 11.5 Å². The number of benzene rings is 1. The highest BCUT2D eigenvalue weighted by Gasteiger charge is 2.12. The maximum absolute atomic E-state index is 11.9. The van der Waals surface area contributed by atoms with Crippen molar-refractivity contribution in [2.24, 2.45) is 5.92 Å². The molecule has 0 spiro atoms. The molecule has 0 unspecified atom stereocenters. The molecule has 6 heteroatoms. The van der Waals surface area contributed by atoms with Crippen molar-refractivity contribution in [2.45, 2.75) is 20.3 Å². The molecule has 0 aliphatic heterocycles. The lowest BCUT2D eigenvalue weighted by molar-refractivity contribution is -0.122. The van der Waals surface area contributed by atoms with Gasteiger partial charge in [0, 0.05) is 12.0 Å². The number of ether oxygens (including phenoxy) is 2. The highest BCUT2D eigenvalue weighted by atomic mass is 16.5. The maximum Gasteiger partial charge on any atom is 0.269 e. The van der Waals surface area contributed by atoms with Gasteiger partial charge in [-0.25, -0.2) is 0 Å². The predicted octanol–water partition coefficient (Wildman–Crippen LogP) is 1.51. The van der Waals surface area contributed by atoms with Gasteiger partial charge in [-0.2, -0.15) is 0 Å². The van der Waals surface area contributed by atoms with Gasteiger partial charge in [-0.1, -0.05) is 13.8 Å². The summed E-state index contributed by atoms with van der Waals surface area (Å²) in [6.45, 7) is 3.85. The zero-order valence-electron chi connectivity index (χ0n) is 12.1. The van der Waals surface area contributed by atoms with Crippen molar-refractivity contribution in [3.05, 3.63) is 23.8 Å². The molecule has 2 amide bonds. The lowest BCUT2D eigenvalue weighted by Crippen LogP contribution is -2.42. The van der Waals surface area contributed by atoms with Crippen molar-refractivity contribution in [1.82, 2.24) is 10.9 Å². The van der Waals surface area contributed by atoms with Crippen LogP contribution in [0.15, 0.2) is 18.2 Å². The fraction of sp³-hybridized carbons (Fsp3) is 0.429. The minimum absolute atomic E-state index is 0.228. The van der Waals surface area contributed by atoms with Gasteiger partial charge in [0.2, 0.25) is 5.91 Å². The van der Waals surface area contributed by atoms with Crippen LogP contribution in [0.4, 0.5) is 0 Å². The van der Waals surface area contributed by atoms with E-state index in [1.54, 1.807) is 18.2 Å². The summed E-state index contributed by atoms with van der Waals surface area (Å²) in [5, 5.41) is 0. The molecular formula is C14H20N2O4. The minimum Gasteiger partial charge on any atom is -0.493 e. The first kappa shape index (κ1) is 15.8. The molecule has 0 saturated heterocycles. The Kier molecular flexibility index (Phi) is 5.83. The molecule has 110 valence electrons. The van der Waals surface area contributed by atoms with Crippen LogP contribution in [0.1, 0.15) is 30.6 Å². The summed E-state index contributed by atoms with van der Waals surface area (Å²) in [6, 6.07) is 4.76. The van der Waals surface area contributed by atoms with E-state index in [0.29, 0.717) is 23.5 Å². The summed E-state index contributed by atoms with van der Waals surface area (Å²) < 4.78 is 10.2. The number of nitrogens with one attached hydrogen (secondary N) is 2. The summed E-state index contributed by atoms with van der Waals surface area (Å²) >= 11 is 0. The number of amides is 2. The molecule has 0 aliphatic carbocycles. The van der Waals surface area contributed by atoms with E-state index in [4.69, 9.17) is 9.47 Å². The standard InChI is InChI=1S/C14H20N2O4/c1-9(2)7-13(17)15-16-14(18)10-5-6-11(19-3)12(8-10)20-4/h5-6,8-9H,7H2,1-4H3,(H,15,17)(H,16,18). The first-order chi connectivity index (χ1) is 9.47. The SMILES string of the molecule is COc1ccc(C(=O)NNC(=O)CC(C)C)cc1OC. The second kappa shape index (κ2) is 7.37. The molecular weight excluding hydrogens is 260 g/mol. The Labute approximate surface area is 118 Å². The highest BCUT2D eigenvalue weighted by Crippen LogP contribution is 2.27. The number of hydrogen-bond acceptors (Lipinski definition) is 4. The van der Waals surface area contributed by atoms with Gasteiger partial charge < -0.3 is 9.47 Å². The van der Waals surface area contributed by atoms with Gasteiger partial charge >= 0.3 is 0 Å². The van der Waals surface area contributed by atoms with E-state index < -0.39 is 5.91 Å². The zero-order valence-corrected chi connectivity index (χ0v) is 12.1. The second-order valence-electron chi connectivity index (χ2n) is 4.67. The predicted molar refractivity (Wildman–Crippen MR) is 74.6 cm³/mol. The maximum atomic E-state index is 11.9. The summed E-state index contributed by atoms with van der Waals surface area (Å²) in [7, 11) is 3.01. The van der Waals surface area contributed by atoms with Crippen LogP contribution >= 0.6 is 0 Å². The normalized spacial score (nSPS) is 10.1. The van der Waals surface area contributed by atoms with E-state index >= 15 is 0 Å². The van der Waals surface area contributed by atoms with Gasteiger partial charge in [0.15, 0.2) is 11.5 Å². The molecule has 0 heterocycles. The Morgan fingerprint density at radius 2 is 1.75 bits per heavy atom. The van der Waals surface area contributed by atoms with Crippen LogP contribution in [-0.2, 0) is 4.79 Å². The molecule has 0 aromatic heterocycles. The van der Waals surface area contributed by atoms with Crippen LogP contribution in [0.5, 0.6) is 11.5 Å². The third-order valence-electron chi connectivity index (χ3n) is 2.55. The van der Waals surface area contributed by atoms with E-state index in [9.17, 15) is 9.59 Å². The van der Waals surface area contributed by atoms with E-state index in [1.807, 2.05) is 13.8 Å². The van der Waals surface area contributed by atoms with Crippen LogP contribution in [0.3, 0.4) is 0 Å². The lowest BCUT2D eigenvalue weighted by atomic mass is 10.1. The number of carbonyl (C=O) groups excluding carboxylic acids is 2. The van der Waals surface area contributed by atoms with E-state index in [2.05, 4.69) is 10.9 Å². The van der Waals surface area contributed by atoms with E-state index in [-0.39, 0.29) is 11.8 Å². The molecule has 20 heavy (non-hydrogen) atoms. The number of methoxy groups -OCH3 is 2. The minimum atomic E-state index is -0.414. The van der Waals surface area contributed by atoms with Gasteiger partial charge in [0.1, 0.15) is 0 Å². The average Bonchev–Trinajstić information content (AvgIpc) is 2.43. The molecule has 2 N–H and O–H groups in total. The van der Waals surface area contributed by atoms with Gasteiger partial charge in [-0.15, -0.1) is 0 Å². The van der Waals surface area contributed by atoms with Crippen molar-refractivity contribution in [3.63, 3.8) is 0 Å². The first-order valence-electron chi connectivity index (χ1n) is 6.29. The molecule has 1 rings (SSSR count). The van der Waals surface area contributed by atoms with Gasteiger partial charge in [0.25, 0.3) is 5.91 Å². The Morgan fingerprint density at radius 3 is 2.30 bits per heavy atom. The molecule has 0 atom stereocenters. The quantitative estimate of drug-likeness (QED) is 0.802. The fourth-order valence-corrected chi connectivity index (χ4v) is 1.60. The molecule has 1 aromatic rings. The third kappa shape index (κ3) is 4.46. The van der Waals surface area contributed by atoms with E-state index in [0.717, 1.165) is 0 Å². The summed E-state index contributed by atoms with van der Waals surface area (Å²) in [5.41, 5.74) is 5.09. The van der Waals surface area contributed by atoms with Gasteiger partial charge in [-0.3, -0.25) is 20.4 Å². The molecule has 0 aliphatic rings. The lowest BCUT2D eigenvalue weighted by Gasteiger charge is -2.11. The summed E-state index contributed by atoms with van der Waals surface area (Å²) in [5.74, 6) is 0.575. The van der Waals surface area contributed by atoms with Gasteiger partial charge in [-0.05, 0) is 24.1 Å². The fourth-order valence-electron chi connectivity index (χ4n) is 1.60. The number of rotatable bonds is 5. The van der Waals surface area contributed by atoms with Crippen LogP contribution < -0.4 is 20.3 Å². The number of hydrogen-bond donors (Lipinski definition) is 2. The first-order valence-corrected chi connectivity index (χ1v) is 6.29. The van der Waals surface area contributed by atoms with Crippen molar-refractivity contribution in [1.29, 1.82) is 0 Å². The highest BCUT2D eigenvalue weighted by molar-refractivity contribution is 5.96. The zero-order chi connectivity index (χ0) is 15.1. The number of carbonyl (C=O) groups is 2. The molecule has 0 bridgehead atoms. The van der Waals surface area contributed by atoms with Crippen LogP contribution in [-0.4, -0.2) is 26.0 Å². The van der Waals surface area contributed by atoms with Gasteiger partial charge in [0.05, 0.1) is 14.2 Å². The molecule has 6 nitrogen and oxygen atoms in total. The molecule has 1 aromatic carbocycles. The average molecular weight is 280 g/mol. The van der Waals surface area contributed by atoms with E-state index in [1.165, 1.54) is 14.2 Å². The Balaban J connectivity index is 2.66.